The van der Waals surface area contributed by atoms with Gasteiger partial charge in [0.25, 0.3) is 5.91 Å². The summed E-state index contributed by atoms with van der Waals surface area (Å²) >= 11 is 3.28. The van der Waals surface area contributed by atoms with Gasteiger partial charge in [-0.1, -0.05) is 15.9 Å². The predicted molar refractivity (Wildman–Crippen MR) is 74.9 cm³/mol. The number of hydrogen-bond acceptors (Lipinski definition) is 3. The molecule has 2 N–H and O–H groups in total. The largest absolute Gasteiger partial charge is 0.393 e. The average Bonchev–Trinajstić information content (AvgIpc) is 2.41. The monoisotopic (exact) mass is 325 g/mol. The molecule has 102 valence electrons. The molecule has 0 aromatic heterocycles. The first kappa shape index (κ1) is 14.2. The van der Waals surface area contributed by atoms with E-state index < -0.39 is 11.7 Å². The van der Waals surface area contributed by atoms with Crippen LogP contribution in [0.3, 0.4) is 0 Å². The molecule has 0 heterocycles. The third-order valence-electron chi connectivity index (χ3n) is 3.34. The smallest absolute Gasteiger partial charge is 0.292 e. The fourth-order valence-electron chi connectivity index (χ4n) is 2.20. The average molecular weight is 326 g/mol. The summed E-state index contributed by atoms with van der Waals surface area (Å²) < 4.78 is 0.866. The molecular weight excluding hydrogens is 310 g/mol. The number of aliphatic hydroxyl groups is 1. The number of amides is 1. The van der Waals surface area contributed by atoms with Gasteiger partial charge < -0.3 is 10.4 Å². The van der Waals surface area contributed by atoms with Crippen LogP contribution in [0.25, 0.3) is 0 Å². The maximum atomic E-state index is 11.9. The van der Waals surface area contributed by atoms with E-state index >= 15 is 0 Å². The number of carbonyl (C=O) groups is 2. The van der Waals surface area contributed by atoms with Crippen LogP contribution in [0.5, 0.6) is 0 Å². The summed E-state index contributed by atoms with van der Waals surface area (Å²) in [6.45, 7) is 0. The van der Waals surface area contributed by atoms with Gasteiger partial charge in [-0.05, 0) is 49.9 Å². The molecule has 0 unspecified atom stereocenters. The third kappa shape index (κ3) is 3.88. The van der Waals surface area contributed by atoms with E-state index in [1.54, 1.807) is 24.3 Å². The molecule has 1 saturated carbocycles. The molecule has 1 aliphatic rings. The third-order valence-corrected chi connectivity index (χ3v) is 3.87. The van der Waals surface area contributed by atoms with Crippen molar-refractivity contribution < 1.29 is 14.7 Å². The second-order valence-corrected chi connectivity index (χ2v) is 5.73. The van der Waals surface area contributed by atoms with E-state index in [1.807, 2.05) is 0 Å². The summed E-state index contributed by atoms with van der Waals surface area (Å²) in [5.74, 6) is -1.08. The number of nitrogens with one attached hydrogen (secondary N) is 1. The van der Waals surface area contributed by atoms with Gasteiger partial charge in [-0.15, -0.1) is 0 Å². The second-order valence-electron chi connectivity index (χ2n) is 4.81. The lowest BCUT2D eigenvalue weighted by atomic mass is 9.93. The molecule has 1 amide bonds. The van der Waals surface area contributed by atoms with Gasteiger partial charge >= 0.3 is 0 Å². The minimum Gasteiger partial charge on any atom is -0.393 e. The van der Waals surface area contributed by atoms with Gasteiger partial charge in [-0.3, -0.25) is 9.59 Å². The standard InChI is InChI=1S/C14H16BrNO3/c15-10-3-1-9(2-4-10)13(18)14(19)16-11-5-7-12(17)8-6-11/h1-4,11-12,17H,5-8H2,(H,16,19). The van der Waals surface area contributed by atoms with Crippen LogP contribution in [-0.4, -0.2) is 28.9 Å². The minimum atomic E-state index is -0.566. The number of Topliss-reactive ketones (excluding diaryl/α,β-unsaturated/α-hetero) is 1. The van der Waals surface area contributed by atoms with Crippen molar-refractivity contribution in [2.75, 3.05) is 0 Å². The lowest BCUT2D eigenvalue weighted by molar-refractivity contribution is -0.118. The maximum Gasteiger partial charge on any atom is 0.292 e. The van der Waals surface area contributed by atoms with Gasteiger partial charge in [0.05, 0.1) is 6.10 Å². The summed E-state index contributed by atoms with van der Waals surface area (Å²) in [6, 6.07) is 6.71. The first-order chi connectivity index (χ1) is 9.06. The van der Waals surface area contributed by atoms with Crippen molar-refractivity contribution in [3.63, 3.8) is 0 Å². The van der Waals surface area contributed by atoms with E-state index in [0.29, 0.717) is 18.4 Å². The molecule has 0 aliphatic heterocycles. The van der Waals surface area contributed by atoms with Crippen LogP contribution in [0.1, 0.15) is 36.0 Å². The Labute approximate surface area is 120 Å². The Morgan fingerprint density at radius 2 is 1.68 bits per heavy atom. The number of aliphatic hydroxyl groups excluding tert-OH is 1. The van der Waals surface area contributed by atoms with Crippen molar-refractivity contribution in [3.8, 4) is 0 Å². The van der Waals surface area contributed by atoms with E-state index in [1.165, 1.54) is 0 Å². The highest BCUT2D eigenvalue weighted by Gasteiger charge is 2.24. The summed E-state index contributed by atoms with van der Waals surface area (Å²) in [5, 5.41) is 12.1. The number of hydrogen-bond donors (Lipinski definition) is 2. The van der Waals surface area contributed by atoms with Crippen molar-refractivity contribution in [1.82, 2.24) is 5.32 Å². The fraction of sp³-hybridized carbons (Fsp3) is 0.429. The Kier molecular flexibility index (Phi) is 4.71. The number of benzene rings is 1. The van der Waals surface area contributed by atoms with Crippen molar-refractivity contribution in [1.29, 1.82) is 0 Å². The Hall–Kier alpha value is -1.20. The molecule has 4 nitrogen and oxygen atoms in total. The van der Waals surface area contributed by atoms with Crippen molar-refractivity contribution >= 4 is 27.6 Å². The number of carbonyl (C=O) groups excluding carboxylic acids is 2. The molecule has 0 spiro atoms. The molecule has 0 saturated heterocycles. The molecule has 2 rings (SSSR count). The summed E-state index contributed by atoms with van der Waals surface area (Å²) in [4.78, 5) is 23.8. The van der Waals surface area contributed by atoms with Gasteiger partial charge in [-0.2, -0.15) is 0 Å². The molecule has 0 radical (unpaired) electrons. The number of rotatable bonds is 3. The number of ketones is 1. The topological polar surface area (TPSA) is 66.4 Å². The van der Waals surface area contributed by atoms with Gasteiger partial charge in [0, 0.05) is 16.1 Å². The quantitative estimate of drug-likeness (QED) is 0.660. The van der Waals surface area contributed by atoms with Crippen LogP contribution in [0, 0.1) is 0 Å². The Morgan fingerprint density at radius 3 is 2.26 bits per heavy atom. The summed E-state index contributed by atoms with van der Waals surface area (Å²) in [7, 11) is 0. The highest BCUT2D eigenvalue weighted by molar-refractivity contribution is 9.10. The van der Waals surface area contributed by atoms with E-state index in [0.717, 1.165) is 17.3 Å². The second kappa shape index (κ2) is 6.30. The summed E-state index contributed by atoms with van der Waals surface area (Å²) in [6.07, 6.45) is 2.53. The molecule has 0 bridgehead atoms. The normalized spacial score (nSPS) is 22.8. The van der Waals surface area contributed by atoms with Gasteiger partial charge in [0.1, 0.15) is 0 Å². The van der Waals surface area contributed by atoms with E-state index in [2.05, 4.69) is 21.2 Å². The Morgan fingerprint density at radius 1 is 1.11 bits per heavy atom. The van der Waals surface area contributed by atoms with Gasteiger partial charge in [-0.25, -0.2) is 0 Å². The van der Waals surface area contributed by atoms with Gasteiger partial charge in [0.15, 0.2) is 0 Å². The zero-order valence-corrected chi connectivity index (χ0v) is 12.0. The van der Waals surface area contributed by atoms with Crippen LogP contribution in [0.2, 0.25) is 0 Å². The van der Waals surface area contributed by atoms with Crippen LogP contribution in [-0.2, 0) is 4.79 Å². The van der Waals surface area contributed by atoms with E-state index in [9.17, 15) is 14.7 Å². The lowest BCUT2D eigenvalue weighted by Crippen LogP contribution is -2.41. The van der Waals surface area contributed by atoms with Crippen LogP contribution in [0.4, 0.5) is 0 Å². The number of halogens is 1. The van der Waals surface area contributed by atoms with Crippen molar-refractivity contribution in [3.05, 3.63) is 34.3 Å². The molecule has 1 aliphatic carbocycles. The maximum absolute atomic E-state index is 11.9. The van der Waals surface area contributed by atoms with Crippen LogP contribution >= 0.6 is 15.9 Å². The molecule has 1 aromatic carbocycles. The highest BCUT2D eigenvalue weighted by Crippen LogP contribution is 2.18. The van der Waals surface area contributed by atoms with Crippen molar-refractivity contribution in [2.24, 2.45) is 0 Å². The highest BCUT2D eigenvalue weighted by atomic mass is 79.9. The minimum absolute atomic E-state index is 0.00435. The molecular formula is C14H16BrNO3. The molecule has 1 fully saturated rings. The van der Waals surface area contributed by atoms with Crippen molar-refractivity contribution in [2.45, 2.75) is 37.8 Å². The van der Waals surface area contributed by atoms with E-state index in [-0.39, 0.29) is 12.1 Å². The lowest BCUT2D eigenvalue weighted by Gasteiger charge is -2.25. The first-order valence-corrected chi connectivity index (χ1v) is 7.14. The molecule has 0 atom stereocenters. The molecule has 19 heavy (non-hydrogen) atoms. The molecule has 1 aromatic rings. The van der Waals surface area contributed by atoms with Crippen LogP contribution in [0.15, 0.2) is 28.7 Å². The Balaban J connectivity index is 1.92. The zero-order chi connectivity index (χ0) is 13.8. The Bertz CT molecular complexity index is 464. The SMILES string of the molecule is O=C(NC1CCC(O)CC1)C(=O)c1ccc(Br)cc1. The summed E-state index contributed by atoms with van der Waals surface area (Å²) in [5.41, 5.74) is 0.386. The molecule has 5 heteroatoms. The predicted octanol–water partition coefficient (Wildman–Crippen LogP) is 2.05. The van der Waals surface area contributed by atoms with Crippen LogP contribution < -0.4 is 5.32 Å². The first-order valence-electron chi connectivity index (χ1n) is 6.35. The van der Waals surface area contributed by atoms with Gasteiger partial charge in [0.2, 0.25) is 5.78 Å². The van der Waals surface area contributed by atoms with E-state index in [4.69, 9.17) is 0 Å². The zero-order valence-electron chi connectivity index (χ0n) is 10.4. The fourth-order valence-corrected chi connectivity index (χ4v) is 2.47.